The van der Waals surface area contributed by atoms with E-state index in [-0.39, 0.29) is 0 Å². The van der Waals surface area contributed by atoms with Gasteiger partial charge in [0.1, 0.15) is 7.05 Å². The van der Waals surface area contributed by atoms with Crippen LogP contribution >= 0.6 is 0 Å². The molecule has 3 nitrogen and oxygen atoms in total. The highest BCUT2D eigenvalue weighted by Gasteiger charge is 2.19. The molecular formula is C11H19N2O+. The van der Waals surface area contributed by atoms with Crippen molar-refractivity contribution in [2.24, 2.45) is 0 Å². The lowest BCUT2D eigenvalue weighted by atomic mass is 10.1. The van der Waals surface area contributed by atoms with Gasteiger partial charge in [-0.1, -0.05) is 6.08 Å². The van der Waals surface area contributed by atoms with Crippen LogP contribution in [0.15, 0.2) is 23.9 Å². The molecule has 0 aliphatic rings. The number of allylic oxidation sites excluding steroid dienone is 2. The maximum absolute atomic E-state index is 9.62. The van der Waals surface area contributed by atoms with Crippen molar-refractivity contribution in [2.75, 3.05) is 7.05 Å². The van der Waals surface area contributed by atoms with Crippen molar-refractivity contribution in [3.8, 4) is 0 Å². The van der Waals surface area contributed by atoms with Gasteiger partial charge in [-0.05, 0) is 26.8 Å². The van der Waals surface area contributed by atoms with Gasteiger partial charge < -0.3 is 10.5 Å². The van der Waals surface area contributed by atoms with Crippen molar-refractivity contribution in [3.05, 3.63) is 23.9 Å². The standard InChI is InChI=1S/C11H19N2O/c1-5-7-13(4)11(9(3)6-2)10(14)8-12/h5-8,10,12,14H,1-4H3/q+1/b7-5-,9-6-,12-8?,13-11+. The van der Waals surface area contributed by atoms with Crippen LogP contribution in [0.25, 0.3) is 0 Å². The number of nitrogens with one attached hydrogen (secondary N) is 1. The first-order valence-electron chi connectivity index (χ1n) is 4.62. The van der Waals surface area contributed by atoms with E-state index in [1.165, 1.54) is 0 Å². The Morgan fingerprint density at radius 3 is 2.36 bits per heavy atom. The monoisotopic (exact) mass is 195 g/mol. The normalized spacial score (nSPS) is 16.8. The van der Waals surface area contributed by atoms with Crippen molar-refractivity contribution in [2.45, 2.75) is 26.9 Å². The van der Waals surface area contributed by atoms with Gasteiger partial charge in [0, 0.05) is 11.8 Å². The van der Waals surface area contributed by atoms with E-state index in [9.17, 15) is 5.11 Å². The second-order valence-corrected chi connectivity index (χ2v) is 3.06. The Kier molecular flexibility index (Phi) is 5.72. The molecule has 0 fully saturated rings. The summed E-state index contributed by atoms with van der Waals surface area (Å²) in [5.41, 5.74) is 1.71. The minimum Gasteiger partial charge on any atom is -0.377 e. The van der Waals surface area contributed by atoms with Crippen LogP contribution in [-0.4, -0.2) is 34.8 Å². The molecule has 0 aromatic rings. The molecule has 0 spiro atoms. The van der Waals surface area contributed by atoms with E-state index in [1.807, 2.05) is 50.7 Å². The summed E-state index contributed by atoms with van der Waals surface area (Å²) < 4.78 is 1.82. The third-order valence-corrected chi connectivity index (χ3v) is 2.03. The van der Waals surface area contributed by atoms with E-state index < -0.39 is 6.10 Å². The molecule has 2 N–H and O–H groups in total. The Morgan fingerprint density at radius 1 is 1.43 bits per heavy atom. The number of aliphatic hydroxyl groups is 1. The molecule has 0 saturated carbocycles. The van der Waals surface area contributed by atoms with Crippen LogP contribution in [0, 0.1) is 5.41 Å². The maximum Gasteiger partial charge on any atom is 0.218 e. The number of rotatable bonds is 4. The van der Waals surface area contributed by atoms with E-state index in [0.29, 0.717) is 0 Å². The van der Waals surface area contributed by atoms with Crippen LogP contribution in [0.3, 0.4) is 0 Å². The molecule has 0 heterocycles. The molecule has 0 aliphatic carbocycles. The first-order valence-corrected chi connectivity index (χ1v) is 4.62. The van der Waals surface area contributed by atoms with Crippen LogP contribution in [0.1, 0.15) is 20.8 Å². The predicted molar refractivity (Wildman–Crippen MR) is 60.2 cm³/mol. The highest BCUT2D eigenvalue weighted by molar-refractivity contribution is 6.07. The fraction of sp³-hybridized carbons (Fsp3) is 0.455. The van der Waals surface area contributed by atoms with E-state index in [4.69, 9.17) is 5.41 Å². The van der Waals surface area contributed by atoms with Crippen molar-refractivity contribution in [1.82, 2.24) is 0 Å². The Hall–Kier alpha value is -1.22. The average Bonchev–Trinajstić information content (AvgIpc) is 2.17. The van der Waals surface area contributed by atoms with Gasteiger partial charge in [0.05, 0.1) is 0 Å². The molecule has 0 bridgehead atoms. The summed E-state index contributed by atoms with van der Waals surface area (Å²) in [6.45, 7) is 5.74. The second-order valence-electron chi connectivity index (χ2n) is 3.06. The molecule has 0 radical (unpaired) electrons. The highest BCUT2D eigenvalue weighted by Crippen LogP contribution is 2.01. The van der Waals surface area contributed by atoms with Crippen LogP contribution in [-0.2, 0) is 0 Å². The van der Waals surface area contributed by atoms with E-state index in [1.54, 1.807) is 0 Å². The SMILES string of the molecule is C\C=C/[N+](C)=C(\C(C)=C/C)C(O)C=N. The summed E-state index contributed by atoms with van der Waals surface area (Å²) >= 11 is 0. The van der Waals surface area contributed by atoms with Crippen molar-refractivity contribution < 1.29 is 9.68 Å². The van der Waals surface area contributed by atoms with Crippen LogP contribution < -0.4 is 0 Å². The Labute approximate surface area is 85.6 Å². The van der Waals surface area contributed by atoms with Gasteiger partial charge in [-0.3, -0.25) is 0 Å². The van der Waals surface area contributed by atoms with Gasteiger partial charge in [0.25, 0.3) is 0 Å². The Morgan fingerprint density at radius 2 is 2.00 bits per heavy atom. The first-order chi connectivity index (χ1) is 6.58. The molecule has 0 saturated heterocycles. The highest BCUT2D eigenvalue weighted by atomic mass is 16.3. The van der Waals surface area contributed by atoms with Crippen LogP contribution in [0.5, 0.6) is 0 Å². The zero-order valence-electron chi connectivity index (χ0n) is 9.28. The smallest absolute Gasteiger partial charge is 0.218 e. The largest absolute Gasteiger partial charge is 0.377 e. The third kappa shape index (κ3) is 3.26. The summed E-state index contributed by atoms with van der Waals surface area (Å²) in [5, 5.41) is 16.7. The van der Waals surface area contributed by atoms with Crippen molar-refractivity contribution in [3.63, 3.8) is 0 Å². The minimum absolute atomic E-state index is 0.737. The third-order valence-electron chi connectivity index (χ3n) is 2.03. The van der Waals surface area contributed by atoms with Crippen LogP contribution in [0.2, 0.25) is 0 Å². The predicted octanol–water partition coefficient (Wildman–Crippen LogP) is 1.58. The summed E-state index contributed by atoms with van der Waals surface area (Å²) in [4.78, 5) is 0. The molecule has 0 amide bonds. The molecule has 0 aromatic carbocycles. The lowest BCUT2D eigenvalue weighted by Gasteiger charge is -2.06. The first kappa shape index (κ1) is 12.8. The Bertz CT molecular complexity index is 288. The van der Waals surface area contributed by atoms with Gasteiger partial charge >= 0.3 is 0 Å². The van der Waals surface area contributed by atoms with E-state index >= 15 is 0 Å². The zero-order valence-corrected chi connectivity index (χ0v) is 9.28. The fourth-order valence-corrected chi connectivity index (χ4v) is 1.25. The summed E-state index contributed by atoms with van der Waals surface area (Å²) in [6.07, 6.45) is 5.85. The fourth-order valence-electron chi connectivity index (χ4n) is 1.25. The zero-order chi connectivity index (χ0) is 11.1. The van der Waals surface area contributed by atoms with Gasteiger partial charge in [-0.25, -0.2) is 4.58 Å². The summed E-state index contributed by atoms with van der Waals surface area (Å²) in [5.74, 6) is 0. The van der Waals surface area contributed by atoms with E-state index in [0.717, 1.165) is 17.5 Å². The maximum atomic E-state index is 9.62. The van der Waals surface area contributed by atoms with Gasteiger partial charge in [0.15, 0.2) is 12.3 Å². The van der Waals surface area contributed by atoms with E-state index in [2.05, 4.69) is 0 Å². The second kappa shape index (κ2) is 6.27. The topological polar surface area (TPSA) is 47.1 Å². The number of hydrogen-bond donors (Lipinski definition) is 2. The van der Waals surface area contributed by atoms with Gasteiger partial charge in [-0.2, -0.15) is 0 Å². The van der Waals surface area contributed by atoms with Crippen LogP contribution in [0.4, 0.5) is 0 Å². The number of nitrogens with zero attached hydrogens (tertiary/aromatic N) is 1. The van der Waals surface area contributed by atoms with Gasteiger partial charge in [-0.15, -0.1) is 0 Å². The lowest BCUT2D eigenvalue weighted by Crippen LogP contribution is -2.29. The molecule has 14 heavy (non-hydrogen) atoms. The minimum atomic E-state index is -0.840. The van der Waals surface area contributed by atoms with Crippen molar-refractivity contribution in [1.29, 1.82) is 5.41 Å². The Balaban J connectivity index is 5.29. The molecule has 0 aromatic heterocycles. The number of hydrogen-bond acceptors (Lipinski definition) is 2. The summed E-state index contributed by atoms with van der Waals surface area (Å²) in [6, 6.07) is 0. The molecule has 0 rings (SSSR count). The lowest BCUT2D eigenvalue weighted by molar-refractivity contribution is -0.424. The average molecular weight is 195 g/mol. The molecule has 1 atom stereocenters. The number of aliphatic hydroxyl groups excluding tert-OH is 1. The van der Waals surface area contributed by atoms with Gasteiger partial charge in [0.2, 0.25) is 5.71 Å². The van der Waals surface area contributed by atoms with Crippen molar-refractivity contribution >= 4 is 11.9 Å². The molecule has 3 heteroatoms. The molecular weight excluding hydrogens is 176 g/mol. The summed E-state index contributed by atoms with van der Waals surface area (Å²) in [7, 11) is 1.86. The molecule has 1 unspecified atom stereocenters. The molecule has 0 aliphatic heterocycles. The molecule has 78 valence electrons. The quantitative estimate of drug-likeness (QED) is 0.519.